The molecule has 0 aliphatic heterocycles. The third kappa shape index (κ3) is 4.49. The Morgan fingerprint density at radius 2 is 1.96 bits per heavy atom. The van der Waals surface area contributed by atoms with E-state index >= 15 is 0 Å². The molecule has 0 radical (unpaired) electrons. The highest BCUT2D eigenvalue weighted by Gasteiger charge is 2.30. The maximum atomic E-state index is 12.7. The van der Waals surface area contributed by atoms with Gasteiger partial charge in [0.1, 0.15) is 10.6 Å². The summed E-state index contributed by atoms with van der Waals surface area (Å²) in [5.41, 5.74) is 0.400. The first-order chi connectivity index (χ1) is 12.3. The van der Waals surface area contributed by atoms with Crippen molar-refractivity contribution in [3.8, 4) is 0 Å². The van der Waals surface area contributed by atoms with Crippen molar-refractivity contribution < 1.29 is 13.2 Å². The maximum Gasteiger partial charge on any atom is 0.268 e. The lowest BCUT2D eigenvalue weighted by Gasteiger charge is -2.21. The number of nitrogens with zero attached hydrogens (tertiary/aromatic N) is 2. The Kier molecular flexibility index (Phi) is 7.29. The molecule has 2 unspecified atom stereocenters. The van der Waals surface area contributed by atoms with E-state index in [2.05, 4.69) is 12.2 Å². The molecule has 0 saturated heterocycles. The van der Waals surface area contributed by atoms with Crippen molar-refractivity contribution in [3.05, 3.63) is 18.0 Å². The first kappa shape index (κ1) is 21.0. The van der Waals surface area contributed by atoms with Crippen LogP contribution >= 0.6 is 0 Å². The van der Waals surface area contributed by atoms with Crippen molar-refractivity contribution in [2.75, 3.05) is 13.1 Å². The Morgan fingerprint density at radius 3 is 2.58 bits per heavy atom. The number of hydrogen-bond acceptors (Lipinski definition) is 3. The van der Waals surface area contributed by atoms with E-state index in [1.165, 1.54) is 35.8 Å². The van der Waals surface area contributed by atoms with Gasteiger partial charge in [-0.2, -0.15) is 4.31 Å². The molecule has 6 nitrogen and oxygen atoms in total. The van der Waals surface area contributed by atoms with Gasteiger partial charge in [0.15, 0.2) is 0 Å². The number of aromatic nitrogens is 1. The minimum atomic E-state index is -3.55. The van der Waals surface area contributed by atoms with Crippen molar-refractivity contribution in [1.82, 2.24) is 14.2 Å². The average Bonchev–Trinajstić information content (AvgIpc) is 3.20. The van der Waals surface area contributed by atoms with Gasteiger partial charge in [0, 0.05) is 32.4 Å². The van der Waals surface area contributed by atoms with E-state index in [0.717, 1.165) is 19.3 Å². The van der Waals surface area contributed by atoms with Gasteiger partial charge in [-0.25, -0.2) is 8.42 Å². The average molecular weight is 384 g/mol. The van der Waals surface area contributed by atoms with Gasteiger partial charge in [0.25, 0.3) is 5.91 Å². The summed E-state index contributed by atoms with van der Waals surface area (Å²) < 4.78 is 28.4. The molecule has 1 aliphatic carbocycles. The lowest BCUT2D eigenvalue weighted by atomic mass is 9.97. The molecule has 0 spiro atoms. The van der Waals surface area contributed by atoms with Crippen LogP contribution in [0.5, 0.6) is 0 Å². The molecule has 7 heteroatoms. The minimum Gasteiger partial charge on any atom is -0.348 e. The van der Waals surface area contributed by atoms with Gasteiger partial charge < -0.3 is 9.88 Å². The number of rotatable bonds is 9. The first-order valence-corrected chi connectivity index (χ1v) is 11.3. The number of carbonyl (C=O) groups is 1. The Labute approximate surface area is 158 Å². The molecule has 1 heterocycles. The summed E-state index contributed by atoms with van der Waals surface area (Å²) in [6.45, 7) is 6.64. The summed E-state index contributed by atoms with van der Waals surface area (Å²) >= 11 is 0. The standard InChI is InChI=1S/C19H33N3O3S/c1-5-8-10-15-11-9-12-17(15)20-19(23)18-13-16(14-21(18)4)26(24,25)22(6-2)7-3/h13-15,17H,5-12H2,1-4H3,(H,20,23). The maximum absolute atomic E-state index is 12.7. The third-order valence-electron chi connectivity index (χ3n) is 5.46. The van der Waals surface area contributed by atoms with Crippen molar-refractivity contribution in [3.63, 3.8) is 0 Å². The molecule has 1 fully saturated rings. The Balaban J connectivity index is 2.14. The number of amides is 1. The van der Waals surface area contributed by atoms with Crippen LogP contribution in [-0.2, 0) is 17.1 Å². The zero-order valence-corrected chi connectivity index (χ0v) is 17.3. The van der Waals surface area contributed by atoms with Crippen molar-refractivity contribution in [2.24, 2.45) is 13.0 Å². The normalized spacial score (nSPS) is 20.7. The molecule has 0 aromatic carbocycles. The van der Waals surface area contributed by atoms with Crippen LogP contribution in [0.3, 0.4) is 0 Å². The van der Waals surface area contributed by atoms with Crippen LogP contribution < -0.4 is 5.32 Å². The summed E-state index contributed by atoms with van der Waals surface area (Å²) in [5, 5.41) is 3.15. The molecule has 148 valence electrons. The van der Waals surface area contributed by atoms with Gasteiger partial charge in [-0.15, -0.1) is 0 Å². The van der Waals surface area contributed by atoms with E-state index < -0.39 is 10.0 Å². The van der Waals surface area contributed by atoms with E-state index in [1.807, 2.05) is 13.8 Å². The first-order valence-electron chi connectivity index (χ1n) is 9.82. The van der Waals surface area contributed by atoms with Gasteiger partial charge in [0.2, 0.25) is 10.0 Å². The largest absolute Gasteiger partial charge is 0.348 e. The van der Waals surface area contributed by atoms with Gasteiger partial charge in [-0.1, -0.05) is 40.0 Å². The predicted molar refractivity (Wildman–Crippen MR) is 104 cm³/mol. The second kappa shape index (κ2) is 9.04. The van der Waals surface area contributed by atoms with Gasteiger partial charge in [-0.05, 0) is 31.2 Å². The SMILES string of the molecule is CCCCC1CCCC1NC(=O)c1cc(S(=O)(=O)N(CC)CC)cn1C. The monoisotopic (exact) mass is 383 g/mol. The quantitative estimate of drug-likeness (QED) is 0.712. The molecule has 26 heavy (non-hydrogen) atoms. The summed E-state index contributed by atoms with van der Waals surface area (Å²) in [6, 6.07) is 1.70. The van der Waals surface area contributed by atoms with Crippen LogP contribution in [0.25, 0.3) is 0 Å². The van der Waals surface area contributed by atoms with Crippen LogP contribution in [0.2, 0.25) is 0 Å². The van der Waals surface area contributed by atoms with E-state index in [0.29, 0.717) is 24.7 Å². The number of aryl methyl sites for hydroxylation is 1. The second-order valence-corrected chi connectivity index (χ2v) is 9.11. The molecule has 1 saturated carbocycles. The van der Waals surface area contributed by atoms with Crippen LogP contribution in [0.4, 0.5) is 0 Å². The van der Waals surface area contributed by atoms with Crippen molar-refractivity contribution in [1.29, 1.82) is 0 Å². The van der Waals surface area contributed by atoms with Crippen LogP contribution in [-0.4, -0.2) is 42.3 Å². The van der Waals surface area contributed by atoms with Crippen LogP contribution in [0, 0.1) is 5.92 Å². The van der Waals surface area contributed by atoms with Crippen LogP contribution in [0.15, 0.2) is 17.2 Å². The minimum absolute atomic E-state index is 0.179. The fourth-order valence-corrected chi connectivity index (χ4v) is 5.42. The fourth-order valence-electron chi connectivity index (χ4n) is 3.89. The number of hydrogen-bond donors (Lipinski definition) is 1. The zero-order chi connectivity index (χ0) is 19.3. The van der Waals surface area contributed by atoms with Crippen molar-refractivity contribution >= 4 is 15.9 Å². The lowest BCUT2D eigenvalue weighted by Crippen LogP contribution is -2.38. The van der Waals surface area contributed by atoms with Crippen LogP contribution in [0.1, 0.15) is 69.8 Å². The van der Waals surface area contributed by atoms with E-state index in [4.69, 9.17) is 0 Å². The Bertz CT molecular complexity index is 708. The van der Waals surface area contributed by atoms with E-state index in [1.54, 1.807) is 11.6 Å². The molecule has 0 bridgehead atoms. The highest BCUT2D eigenvalue weighted by molar-refractivity contribution is 7.89. The molecule has 1 amide bonds. The fraction of sp³-hybridized carbons (Fsp3) is 0.737. The highest BCUT2D eigenvalue weighted by atomic mass is 32.2. The zero-order valence-electron chi connectivity index (χ0n) is 16.5. The second-order valence-electron chi connectivity index (χ2n) is 7.17. The Morgan fingerprint density at radius 1 is 1.27 bits per heavy atom. The number of sulfonamides is 1. The summed E-state index contributed by atoms with van der Waals surface area (Å²) in [7, 11) is -1.83. The summed E-state index contributed by atoms with van der Waals surface area (Å²) in [4.78, 5) is 12.9. The molecule has 1 N–H and O–H groups in total. The van der Waals surface area contributed by atoms with Crippen molar-refractivity contribution in [2.45, 2.75) is 70.2 Å². The molecular weight excluding hydrogens is 350 g/mol. The van der Waals surface area contributed by atoms with E-state index in [9.17, 15) is 13.2 Å². The molecular formula is C19H33N3O3S. The predicted octanol–water partition coefficient (Wildman–Crippen LogP) is 3.14. The highest BCUT2D eigenvalue weighted by Crippen LogP contribution is 2.30. The third-order valence-corrected chi connectivity index (χ3v) is 7.47. The number of nitrogens with one attached hydrogen (secondary N) is 1. The molecule has 2 atom stereocenters. The van der Waals surface area contributed by atoms with E-state index in [-0.39, 0.29) is 16.8 Å². The Hall–Kier alpha value is -1.34. The smallest absolute Gasteiger partial charge is 0.268 e. The van der Waals surface area contributed by atoms with Gasteiger partial charge in [0.05, 0.1) is 0 Å². The van der Waals surface area contributed by atoms with Gasteiger partial charge >= 0.3 is 0 Å². The molecule has 1 aromatic heterocycles. The summed E-state index contributed by atoms with van der Waals surface area (Å²) in [5.74, 6) is 0.361. The topological polar surface area (TPSA) is 71.4 Å². The lowest BCUT2D eigenvalue weighted by molar-refractivity contribution is 0.0918. The van der Waals surface area contributed by atoms with Gasteiger partial charge in [-0.3, -0.25) is 4.79 Å². The number of unbranched alkanes of at least 4 members (excludes halogenated alkanes) is 1. The molecule has 2 rings (SSSR count). The summed E-state index contributed by atoms with van der Waals surface area (Å²) in [6.07, 6.45) is 8.36. The molecule has 1 aliphatic rings. The number of carbonyl (C=O) groups excluding carboxylic acids is 1. The molecule has 1 aromatic rings.